The van der Waals surface area contributed by atoms with Crippen LogP contribution in [-0.2, 0) is 23.0 Å². The Morgan fingerprint density at radius 1 is 0.833 bits per heavy atom. The standard InChI is InChI=1S/C25H44O4S/c1-4-6-8-10-12-14-17-23-18-16-20-25(29-22(3)21-30(26,27)28)24(23)19-15-13-11-9-7-5-2/h16,18,20,22H,4-15,17,19,21H2,1-3H3,(H,26,27,28). The highest BCUT2D eigenvalue weighted by Gasteiger charge is 2.17. The summed E-state index contributed by atoms with van der Waals surface area (Å²) in [4.78, 5) is 0. The Kier molecular flexibility index (Phi) is 14.1. The lowest BCUT2D eigenvalue weighted by Crippen LogP contribution is -2.23. The van der Waals surface area contributed by atoms with Gasteiger partial charge in [-0.1, -0.05) is 90.2 Å². The number of hydrogen-bond acceptors (Lipinski definition) is 3. The fourth-order valence-corrected chi connectivity index (χ4v) is 4.63. The number of hydrogen-bond donors (Lipinski definition) is 1. The van der Waals surface area contributed by atoms with Crippen LogP contribution in [0.15, 0.2) is 18.2 Å². The molecule has 5 heteroatoms. The van der Waals surface area contributed by atoms with Gasteiger partial charge in [0, 0.05) is 0 Å². The molecule has 1 N–H and O–H groups in total. The largest absolute Gasteiger partial charge is 0.489 e. The van der Waals surface area contributed by atoms with Crippen LogP contribution in [-0.4, -0.2) is 24.8 Å². The zero-order valence-electron chi connectivity index (χ0n) is 19.5. The summed E-state index contributed by atoms with van der Waals surface area (Å²) in [7, 11) is -4.05. The number of unbranched alkanes of at least 4 members (excludes halogenated alkanes) is 10. The maximum Gasteiger partial charge on any atom is 0.268 e. The molecular formula is C25H44O4S. The minimum Gasteiger partial charge on any atom is -0.489 e. The second kappa shape index (κ2) is 15.7. The summed E-state index contributed by atoms with van der Waals surface area (Å²) in [5.41, 5.74) is 2.55. The van der Waals surface area contributed by atoms with Gasteiger partial charge in [0.05, 0.1) is 0 Å². The highest BCUT2D eigenvalue weighted by molar-refractivity contribution is 7.85. The molecule has 1 atom stereocenters. The van der Waals surface area contributed by atoms with E-state index < -0.39 is 16.2 Å². The van der Waals surface area contributed by atoms with Crippen molar-refractivity contribution >= 4 is 10.1 Å². The molecule has 1 unspecified atom stereocenters. The average molecular weight is 441 g/mol. The van der Waals surface area contributed by atoms with E-state index in [9.17, 15) is 8.42 Å². The Balaban J connectivity index is 2.75. The van der Waals surface area contributed by atoms with Crippen LogP contribution in [0.4, 0.5) is 0 Å². The van der Waals surface area contributed by atoms with Crippen LogP contribution in [0.3, 0.4) is 0 Å². The first-order valence-corrected chi connectivity index (χ1v) is 13.7. The fraction of sp³-hybridized carbons (Fsp3) is 0.760. The molecule has 1 aromatic carbocycles. The lowest BCUT2D eigenvalue weighted by molar-refractivity contribution is 0.238. The van der Waals surface area contributed by atoms with Crippen LogP contribution < -0.4 is 4.74 Å². The molecule has 1 aromatic rings. The van der Waals surface area contributed by atoms with Gasteiger partial charge in [0.25, 0.3) is 10.1 Å². The normalized spacial score (nSPS) is 12.8. The topological polar surface area (TPSA) is 63.6 Å². The Hall–Kier alpha value is -1.07. The lowest BCUT2D eigenvalue weighted by atomic mass is 9.95. The Bertz CT molecular complexity index is 670. The Morgan fingerprint density at radius 3 is 1.93 bits per heavy atom. The van der Waals surface area contributed by atoms with Gasteiger partial charge in [0.15, 0.2) is 0 Å². The van der Waals surface area contributed by atoms with Crippen LogP contribution in [0.1, 0.15) is 109 Å². The van der Waals surface area contributed by atoms with Gasteiger partial charge < -0.3 is 4.74 Å². The van der Waals surface area contributed by atoms with Gasteiger partial charge in [-0.05, 0) is 49.8 Å². The molecular weight excluding hydrogens is 396 g/mol. The molecule has 0 spiro atoms. The van der Waals surface area contributed by atoms with E-state index in [4.69, 9.17) is 9.29 Å². The summed E-state index contributed by atoms with van der Waals surface area (Å²) in [5, 5.41) is 0. The third kappa shape index (κ3) is 12.6. The summed E-state index contributed by atoms with van der Waals surface area (Å²) in [6, 6.07) is 6.14. The van der Waals surface area contributed by atoms with Gasteiger partial charge >= 0.3 is 0 Å². The van der Waals surface area contributed by atoms with E-state index in [2.05, 4.69) is 19.9 Å². The molecule has 0 radical (unpaired) electrons. The van der Waals surface area contributed by atoms with Gasteiger partial charge in [-0.25, -0.2) is 0 Å². The summed E-state index contributed by atoms with van der Waals surface area (Å²) in [6.07, 6.45) is 16.5. The highest BCUT2D eigenvalue weighted by atomic mass is 32.2. The molecule has 0 aliphatic heterocycles. The van der Waals surface area contributed by atoms with Crippen molar-refractivity contribution in [2.45, 2.75) is 117 Å². The Morgan fingerprint density at radius 2 is 1.37 bits per heavy atom. The first-order valence-electron chi connectivity index (χ1n) is 12.1. The van der Waals surface area contributed by atoms with E-state index in [0.29, 0.717) is 0 Å². The summed E-state index contributed by atoms with van der Waals surface area (Å²) < 4.78 is 37.5. The lowest BCUT2D eigenvalue weighted by Gasteiger charge is -2.19. The minimum atomic E-state index is -4.05. The zero-order valence-corrected chi connectivity index (χ0v) is 20.3. The van der Waals surface area contributed by atoms with Crippen molar-refractivity contribution in [3.05, 3.63) is 29.3 Å². The third-order valence-electron chi connectivity index (χ3n) is 5.58. The number of benzene rings is 1. The van der Waals surface area contributed by atoms with Crippen LogP contribution in [0.2, 0.25) is 0 Å². The van der Waals surface area contributed by atoms with Crippen molar-refractivity contribution in [2.24, 2.45) is 0 Å². The monoisotopic (exact) mass is 440 g/mol. The predicted octanol–water partition coefficient (Wildman–Crippen LogP) is 7.15. The molecule has 0 aliphatic carbocycles. The second-order valence-corrected chi connectivity index (χ2v) is 10.1. The first-order chi connectivity index (χ1) is 14.4. The van der Waals surface area contributed by atoms with Crippen molar-refractivity contribution < 1.29 is 17.7 Å². The molecule has 0 fully saturated rings. The molecule has 30 heavy (non-hydrogen) atoms. The van der Waals surface area contributed by atoms with Crippen LogP contribution in [0, 0.1) is 0 Å². The van der Waals surface area contributed by atoms with Crippen molar-refractivity contribution in [2.75, 3.05) is 5.75 Å². The van der Waals surface area contributed by atoms with Gasteiger partial charge in [-0.15, -0.1) is 0 Å². The van der Waals surface area contributed by atoms with Crippen molar-refractivity contribution in [1.82, 2.24) is 0 Å². The van der Waals surface area contributed by atoms with Crippen molar-refractivity contribution in [3.8, 4) is 5.75 Å². The molecule has 0 saturated heterocycles. The van der Waals surface area contributed by atoms with E-state index in [1.807, 2.05) is 12.1 Å². The van der Waals surface area contributed by atoms with E-state index in [1.165, 1.54) is 81.8 Å². The smallest absolute Gasteiger partial charge is 0.268 e. The van der Waals surface area contributed by atoms with E-state index in [-0.39, 0.29) is 5.75 Å². The highest BCUT2D eigenvalue weighted by Crippen LogP contribution is 2.28. The van der Waals surface area contributed by atoms with Gasteiger partial charge in [0.1, 0.15) is 17.6 Å². The maximum atomic E-state index is 11.2. The Labute approximate surface area is 185 Å². The van der Waals surface area contributed by atoms with E-state index in [0.717, 1.165) is 25.0 Å². The number of rotatable bonds is 18. The van der Waals surface area contributed by atoms with Gasteiger partial charge in [-0.2, -0.15) is 8.42 Å². The molecule has 0 aliphatic rings. The maximum absolute atomic E-state index is 11.2. The number of aryl methyl sites for hydroxylation is 1. The van der Waals surface area contributed by atoms with Crippen molar-refractivity contribution in [3.63, 3.8) is 0 Å². The molecule has 0 aromatic heterocycles. The molecule has 0 heterocycles. The number of ether oxygens (including phenoxy) is 1. The van der Waals surface area contributed by atoms with Crippen LogP contribution in [0.25, 0.3) is 0 Å². The molecule has 1 rings (SSSR count). The molecule has 4 nitrogen and oxygen atoms in total. The summed E-state index contributed by atoms with van der Waals surface area (Å²) >= 11 is 0. The van der Waals surface area contributed by atoms with Gasteiger partial charge in [0.2, 0.25) is 0 Å². The SMILES string of the molecule is CCCCCCCCc1cccc(OC(C)CS(=O)(=O)O)c1CCCCCCCC. The molecule has 0 saturated carbocycles. The fourth-order valence-electron chi connectivity index (χ4n) is 3.96. The van der Waals surface area contributed by atoms with Gasteiger partial charge in [-0.3, -0.25) is 4.55 Å². The van der Waals surface area contributed by atoms with E-state index >= 15 is 0 Å². The predicted molar refractivity (Wildman–Crippen MR) is 127 cm³/mol. The average Bonchev–Trinajstić information content (AvgIpc) is 2.67. The molecule has 174 valence electrons. The van der Waals surface area contributed by atoms with E-state index in [1.54, 1.807) is 6.92 Å². The minimum absolute atomic E-state index is 0.384. The van der Waals surface area contributed by atoms with Crippen molar-refractivity contribution in [1.29, 1.82) is 0 Å². The van der Waals surface area contributed by atoms with Crippen LogP contribution >= 0.6 is 0 Å². The molecule has 0 bridgehead atoms. The second-order valence-electron chi connectivity index (χ2n) is 8.61. The quantitative estimate of drug-likeness (QED) is 0.194. The van der Waals surface area contributed by atoms with Crippen LogP contribution in [0.5, 0.6) is 5.75 Å². The summed E-state index contributed by atoms with van der Waals surface area (Å²) in [6.45, 7) is 6.17. The first kappa shape index (κ1) is 27.0. The molecule has 0 amide bonds. The summed E-state index contributed by atoms with van der Waals surface area (Å²) in [5.74, 6) is 0.397. The third-order valence-corrected chi connectivity index (χ3v) is 6.47. The zero-order chi connectivity index (χ0) is 22.2.